The Morgan fingerprint density at radius 3 is 2.38 bits per heavy atom. The summed E-state index contributed by atoms with van der Waals surface area (Å²) < 4.78 is 31.9. The minimum atomic E-state index is -4.16. The summed E-state index contributed by atoms with van der Waals surface area (Å²) in [5, 5.41) is 2.64. The summed E-state index contributed by atoms with van der Waals surface area (Å²) in [5.74, 6) is -1.67. The molecule has 2 aromatic carbocycles. The van der Waals surface area contributed by atoms with Gasteiger partial charge in [-0.3, -0.25) is 9.59 Å². The van der Waals surface area contributed by atoms with Gasteiger partial charge >= 0.3 is 5.97 Å². The highest BCUT2D eigenvalue weighted by Gasteiger charge is 2.44. The second-order valence-corrected chi connectivity index (χ2v) is 9.43. The number of esters is 1. The van der Waals surface area contributed by atoms with Crippen LogP contribution in [0.15, 0.2) is 53.4 Å². The number of carbonyl (C=O) groups excluding carboxylic acids is 3. The molecule has 1 saturated heterocycles. The molecule has 170 valence electrons. The van der Waals surface area contributed by atoms with Crippen molar-refractivity contribution in [1.29, 1.82) is 0 Å². The van der Waals surface area contributed by atoms with Gasteiger partial charge in [0.15, 0.2) is 0 Å². The van der Waals surface area contributed by atoms with Gasteiger partial charge in [-0.15, -0.1) is 0 Å². The summed E-state index contributed by atoms with van der Waals surface area (Å²) in [5.41, 5.74) is 1.61. The monoisotopic (exact) mass is 458 g/mol. The average Bonchev–Trinajstić information content (AvgIpc) is 3.17. The number of sulfonamides is 1. The number of nitrogens with zero attached hydrogens (tertiary/aromatic N) is 1. The lowest BCUT2D eigenvalue weighted by Gasteiger charge is -2.23. The van der Waals surface area contributed by atoms with E-state index in [-0.39, 0.29) is 17.7 Å². The molecule has 9 heteroatoms. The number of anilines is 1. The molecule has 1 N–H and O–H groups in total. The van der Waals surface area contributed by atoms with Crippen LogP contribution in [0.25, 0.3) is 0 Å². The van der Waals surface area contributed by atoms with Crippen LogP contribution >= 0.6 is 0 Å². The number of hydrogen-bond donors (Lipinski definition) is 1. The molecule has 0 saturated carbocycles. The fourth-order valence-electron chi connectivity index (χ4n) is 3.33. The zero-order chi connectivity index (χ0) is 23.3. The Labute approximate surface area is 187 Å². The molecule has 0 radical (unpaired) electrons. The molecule has 0 aromatic heterocycles. The van der Waals surface area contributed by atoms with Gasteiger partial charge in [-0.25, -0.2) is 17.5 Å². The fraction of sp³-hybridized carbons (Fsp3) is 0.348. The van der Waals surface area contributed by atoms with Crippen molar-refractivity contribution in [2.45, 2.75) is 50.5 Å². The Bertz CT molecular complexity index is 1090. The third-order valence-electron chi connectivity index (χ3n) is 5.16. The number of ether oxygens (including phenoxy) is 1. The molecule has 1 heterocycles. The van der Waals surface area contributed by atoms with Gasteiger partial charge < -0.3 is 10.1 Å². The van der Waals surface area contributed by atoms with Crippen LogP contribution in [0.3, 0.4) is 0 Å². The average molecular weight is 459 g/mol. The number of rotatable bonds is 8. The topological polar surface area (TPSA) is 110 Å². The molecule has 1 fully saturated rings. The number of aryl methyl sites for hydroxylation is 1. The number of benzene rings is 2. The van der Waals surface area contributed by atoms with Gasteiger partial charge in [0.25, 0.3) is 10.0 Å². The largest absolute Gasteiger partial charge is 0.462 e. The van der Waals surface area contributed by atoms with Gasteiger partial charge in [-0.05, 0) is 56.2 Å². The van der Waals surface area contributed by atoms with Crippen LogP contribution in [0.4, 0.5) is 5.69 Å². The van der Waals surface area contributed by atoms with Gasteiger partial charge in [0.1, 0.15) is 6.04 Å². The van der Waals surface area contributed by atoms with E-state index in [1.165, 1.54) is 36.4 Å². The molecule has 3 rings (SSSR count). The Balaban J connectivity index is 1.72. The van der Waals surface area contributed by atoms with E-state index in [1.807, 2.05) is 13.8 Å². The maximum Gasteiger partial charge on any atom is 0.338 e. The highest BCUT2D eigenvalue weighted by atomic mass is 32.2. The summed E-state index contributed by atoms with van der Waals surface area (Å²) in [7, 11) is -4.16. The van der Waals surface area contributed by atoms with Crippen LogP contribution in [-0.2, 0) is 24.3 Å². The summed E-state index contributed by atoms with van der Waals surface area (Å²) in [6, 6.07) is 11.1. The van der Waals surface area contributed by atoms with Crippen molar-refractivity contribution >= 4 is 33.5 Å². The van der Waals surface area contributed by atoms with Gasteiger partial charge in [-0.2, -0.15) is 0 Å². The standard InChI is InChI=1S/C23H26N2O6S/c1-3-4-15-31-23(28)17-7-9-18(10-8-17)24-22(27)20-13-14-21(26)25(20)32(29,30)19-11-5-16(2)6-12-19/h5-12,20H,3-4,13-15H2,1-2H3,(H,24,27)/t20-/m1/s1. The highest BCUT2D eigenvalue weighted by Crippen LogP contribution is 2.28. The molecular weight excluding hydrogens is 432 g/mol. The molecule has 2 amide bonds. The third-order valence-corrected chi connectivity index (χ3v) is 7.00. The van der Waals surface area contributed by atoms with Crippen molar-refractivity contribution < 1.29 is 27.5 Å². The minimum absolute atomic E-state index is 0.0360. The number of hydrogen-bond acceptors (Lipinski definition) is 6. The summed E-state index contributed by atoms with van der Waals surface area (Å²) in [6.07, 6.45) is 1.75. The lowest BCUT2D eigenvalue weighted by molar-refractivity contribution is -0.128. The second kappa shape index (κ2) is 9.95. The molecule has 0 aliphatic carbocycles. The SMILES string of the molecule is CCCCOC(=O)c1ccc(NC(=O)[C@H]2CCC(=O)N2S(=O)(=O)c2ccc(C)cc2)cc1. The lowest BCUT2D eigenvalue weighted by atomic mass is 10.2. The zero-order valence-corrected chi connectivity index (χ0v) is 18.9. The first kappa shape index (κ1) is 23.5. The Morgan fingerprint density at radius 1 is 1.09 bits per heavy atom. The van der Waals surface area contributed by atoms with Crippen LogP contribution in [0.2, 0.25) is 0 Å². The van der Waals surface area contributed by atoms with Crippen LogP contribution in [0, 0.1) is 6.92 Å². The van der Waals surface area contributed by atoms with Crippen molar-refractivity contribution in [3.05, 3.63) is 59.7 Å². The zero-order valence-electron chi connectivity index (χ0n) is 18.0. The van der Waals surface area contributed by atoms with Gasteiger partial charge in [0.2, 0.25) is 11.8 Å². The maximum atomic E-state index is 13.0. The Kier molecular flexibility index (Phi) is 7.29. The van der Waals surface area contributed by atoms with E-state index in [0.29, 0.717) is 22.2 Å². The van der Waals surface area contributed by atoms with Crippen LogP contribution < -0.4 is 5.32 Å². The minimum Gasteiger partial charge on any atom is -0.462 e. The van der Waals surface area contributed by atoms with Crippen LogP contribution in [-0.4, -0.2) is 43.2 Å². The molecule has 0 unspecified atom stereocenters. The third kappa shape index (κ3) is 5.16. The van der Waals surface area contributed by atoms with Crippen molar-refractivity contribution in [3.63, 3.8) is 0 Å². The number of amides is 2. The van der Waals surface area contributed by atoms with E-state index in [0.717, 1.165) is 18.4 Å². The Morgan fingerprint density at radius 2 is 1.75 bits per heavy atom. The van der Waals surface area contributed by atoms with E-state index in [2.05, 4.69) is 5.32 Å². The van der Waals surface area contributed by atoms with Crippen molar-refractivity contribution in [2.75, 3.05) is 11.9 Å². The normalized spacial score (nSPS) is 16.1. The molecule has 0 bridgehead atoms. The highest BCUT2D eigenvalue weighted by molar-refractivity contribution is 7.89. The lowest BCUT2D eigenvalue weighted by Crippen LogP contribution is -2.45. The van der Waals surface area contributed by atoms with Crippen LogP contribution in [0.1, 0.15) is 48.5 Å². The number of nitrogens with one attached hydrogen (secondary N) is 1. The van der Waals surface area contributed by atoms with E-state index in [1.54, 1.807) is 12.1 Å². The summed E-state index contributed by atoms with van der Waals surface area (Å²) >= 11 is 0. The first-order valence-corrected chi connectivity index (χ1v) is 11.9. The molecule has 8 nitrogen and oxygen atoms in total. The van der Waals surface area contributed by atoms with Crippen LogP contribution in [0.5, 0.6) is 0 Å². The molecule has 2 aromatic rings. The molecular formula is C23H26N2O6S. The van der Waals surface area contributed by atoms with E-state index >= 15 is 0 Å². The molecule has 1 aliphatic heterocycles. The number of carbonyl (C=O) groups is 3. The van der Waals surface area contributed by atoms with E-state index < -0.39 is 33.8 Å². The smallest absolute Gasteiger partial charge is 0.338 e. The summed E-state index contributed by atoms with van der Waals surface area (Å²) in [6.45, 7) is 4.16. The van der Waals surface area contributed by atoms with E-state index in [9.17, 15) is 22.8 Å². The van der Waals surface area contributed by atoms with Gasteiger partial charge in [-0.1, -0.05) is 31.0 Å². The van der Waals surface area contributed by atoms with Gasteiger partial charge in [0, 0.05) is 12.1 Å². The maximum absolute atomic E-state index is 13.0. The Hall–Kier alpha value is -3.20. The molecule has 32 heavy (non-hydrogen) atoms. The van der Waals surface area contributed by atoms with E-state index in [4.69, 9.17) is 4.74 Å². The predicted octanol–water partition coefficient (Wildman–Crippen LogP) is 3.27. The summed E-state index contributed by atoms with van der Waals surface area (Å²) in [4.78, 5) is 37.2. The van der Waals surface area contributed by atoms with Crippen molar-refractivity contribution in [3.8, 4) is 0 Å². The van der Waals surface area contributed by atoms with Crippen molar-refractivity contribution in [1.82, 2.24) is 4.31 Å². The number of unbranched alkanes of at least 4 members (excludes halogenated alkanes) is 1. The quantitative estimate of drug-likeness (QED) is 0.480. The second-order valence-electron chi connectivity index (χ2n) is 7.62. The molecule has 1 aliphatic rings. The molecule has 0 spiro atoms. The van der Waals surface area contributed by atoms with Gasteiger partial charge in [0.05, 0.1) is 17.1 Å². The first-order valence-electron chi connectivity index (χ1n) is 10.5. The predicted molar refractivity (Wildman–Crippen MR) is 118 cm³/mol. The first-order chi connectivity index (χ1) is 15.2. The fourth-order valence-corrected chi connectivity index (χ4v) is 4.93. The van der Waals surface area contributed by atoms with Crippen molar-refractivity contribution in [2.24, 2.45) is 0 Å². The molecule has 1 atom stereocenters.